The SMILES string of the molecule is CC(C)CN(C[C@@H]1N[C@@H](CO)[C@H]1c1ccccc1)C(=O)CN(C)C. The number of rotatable bonds is 8. The molecular formula is C19H31N3O2. The molecular weight excluding hydrogens is 302 g/mol. The molecule has 1 aliphatic heterocycles. The van der Waals surface area contributed by atoms with E-state index in [1.54, 1.807) is 0 Å². The highest BCUT2D eigenvalue weighted by molar-refractivity contribution is 5.78. The van der Waals surface area contributed by atoms with Gasteiger partial charge in [-0.3, -0.25) is 4.79 Å². The van der Waals surface area contributed by atoms with Crippen LogP contribution in [0, 0.1) is 5.92 Å². The first-order chi connectivity index (χ1) is 11.4. The molecule has 3 atom stereocenters. The summed E-state index contributed by atoms with van der Waals surface area (Å²) in [4.78, 5) is 16.4. The highest BCUT2D eigenvalue weighted by Crippen LogP contribution is 2.32. The molecule has 0 spiro atoms. The molecule has 1 heterocycles. The molecule has 1 amide bonds. The topological polar surface area (TPSA) is 55.8 Å². The number of benzene rings is 1. The molecule has 1 aromatic carbocycles. The number of nitrogens with one attached hydrogen (secondary N) is 1. The van der Waals surface area contributed by atoms with Gasteiger partial charge in [-0.2, -0.15) is 0 Å². The first kappa shape index (κ1) is 18.9. The monoisotopic (exact) mass is 333 g/mol. The molecule has 134 valence electrons. The Hall–Kier alpha value is -1.43. The molecule has 0 radical (unpaired) electrons. The Kier molecular flexibility index (Phi) is 6.78. The molecule has 1 saturated heterocycles. The summed E-state index contributed by atoms with van der Waals surface area (Å²) in [5.74, 6) is 0.841. The molecule has 2 N–H and O–H groups in total. The summed E-state index contributed by atoms with van der Waals surface area (Å²) < 4.78 is 0. The van der Waals surface area contributed by atoms with Crippen LogP contribution in [0.25, 0.3) is 0 Å². The van der Waals surface area contributed by atoms with Crippen molar-refractivity contribution in [3.05, 3.63) is 35.9 Å². The first-order valence-corrected chi connectivity index (χ1v) is 8.76. The molecule has 5 nitrogen and oxygen atoms in total. The van der Waals surface area contributed by atoms with E-state index in [0.717, 1.165) is 6.54 Å². The summed E-state index contributed by atoms with van der Waals surface area (Å²) in [6.07, 6.45) is 0. The number of likely N-dealkylation sites (N-methyl/N-ethyl adjacent to an activating group) is 1. The van der Waals surface area contributed by atoms with E-state index in [2.05, 4.69) is 31.3 Å². The Labute approximate surface area is 145 Å². The largest absolute Gasteiger partial charge is 0.395 e. The lowest BCUT2D eigenvalue weighted by atomic mass is 9.77. The number of aliphatic hydroxyl groups is 1. The zero-order valence-electron chi connectivity index (χ0n) is 15.3. The van der Waals surface area contributed by atoms with Crippen LogP contribution in [-0.4, -0.2) is 73.2 Å². The Morgan fingerprint density at radius 2 is 1.88 bits per heavy atom. The van der Waals surface area contributed by atoms with Crippen LogP contribution < -0.4 is 5.32 Å². The van der Waals surface area contributed by atoms with Crippen LogP contribution in [0.3, 0.4) is 0 Å². The Bertz CT molecular complexity index is 519. The molecule has 1 fully saturated rings. The smallest absolute Gasteiger partial charge is 0.236 e. The third-order valence-electron chi connectivity index (χ3n) is 4.48. The number of carbonyl (C=O) groups is 1. The van der Waals surface area contributed by atoms with E-state index in [4.69, 9.17) is 0 Å². The molecule has 0 saturated carbocycles. The number of nitrogens with zero attached hydrogens (tertiary/aromatic N) is 2. The molecule has 0 bridgehead atoms. The summed E-state index contributed by atoms with van der Waals surface area (Å²) in [5.41, 5.74) is 1.23. The Balaban J connectivity index is 2.08. The second kappa shape index (κ2) is 8.60. The van der Waals surface area contributed by atoms with Gasteiger partial charge in [-0.1, -0.05) is 44.2 Å². The van der Waals surface area contributed by atoms with Crippen molar-refractivity contribution in [1.82, 2.24) is 15.1 Å². The molecule has 0 unspecified atom stereocenters. The fourth-order valence-electron chi connectivity index (χ4n) is 3.44. The van der Waals surface area contributed by atoms with Crippen molar-refractivity contribution in [3.63, 3.8) is 0 Å². The van der Waals surface area contributed by atoms with E-state index in [-0.39, 0.29) is 30.5 Å². The Morgan fingerprint density at radius 1 is 1.21 bits per heavy atom. The van der Waals surface area contributed by atoms with E-state index in [1.807, 2.05) is 42.1 Å². The van der Waals surface area contributed by atoms with Gasteiger partial charge in [0, 0.05) is 31.1 Å². The summed E-state index contributed by atoms with van der Waals surface area (Å²) in [7, 11) is 3.84. The summed E-state index contributed by atoms with van der Waals surface area (Å²) >= 11 is 0. The normalized spacial score (nSPS) is 23.4. The summed E-state index contributed by atoms with van der Waals surface area (Å²) in [6, 6.07) is 10.5. The van der Waals surface area contributed by atoms with Gasteiger partial charge in [-0.25, -0.2) is 0 Å². The van der Waals surface area contributed by atoms with Crippen molar-refractivity contribution >= 4 is 5.91 Å². The van der Waals surface area contributed by atoms with Crippen LogP contribution >= 0.6 is 0 Å². The maximum absolute atomic E-state index is 12.6. The van der Waals surface area contributed by atoms with Crippen LogP contribution in [0.1, 0.15) is 25.3 Å². The van der Waals surface area contributed by atoms with Crippen molar-refractivity contribution in [2.45, 2.75) is 31.8 Å². The third-order valence-corrected chi connectivity index (χ3v) is 4.48. The van der Waals surface area contributed by atoms with E-state index < -0.39 is 0 Å². The lowest BCUT2D eigenvalue weighted by Crippen LogP contribution is -2.65. The quantitative estimate of drug-likeness (QED) is 0.749. The number of aliphatic hydroxyl groups excluding tert-OH is 1. The lowest BCUT2D eigenvalue weighted by Gasteiger charge is -2.48. The van der Waals surface area contributed by atoms with Crippen molar-refractivity contribution in [1.29, 1.82) is 0 Å². The zero-order chi connectivity index (χ0) is 17.7. The number of hydrogen-bond donors (Lipinski definition) is 2. The van der Waals surface area contributed by atoms with Gasteiger partial charge in [0.25, 0.3) is 0 Å². The zero-order valence-corrected chi connectivity index (χ0v) is 15.3. The van der Waals surface area contributed by atoms with E-state index in [9.17, 15) is 9.90 Å². The number of amides is 1. The van der Waals surface area contributed by atoms with Gasteiger partial charge in [0.05, 0.1) is 13.2 Å². The lowest BCUT2D eigenvalue weighted by molar-refractivity contribution is -0.133. The van der Waals surface area contributed by atoms with Crippen LogP contribution in [-0.2, 0) is 4.79 Å². The number of carbonyl (C=O) groups excluding carboxylic acids is 1. The van der Waals surface area contributed by atoms with Gasteiger partial charge < -0.3 is 20.2 Å². The van der Waals surface area contributed by atoms with Crippen molar-refractivity contribution in [3.8, 4) is 0 Å². The van der Waals surface area contributed by atoms with E-state index in [1.165, 1.54) is 5.56 Å². The van der Waals surface area contributed by atoms with Gasteiger partial charge in [-0.05, 0) is 25.6 Å². The highest BCUT2D eigenvalue weighted by atomic mass is 16.3. The fraction of sp³-hybridized carbons (Fsp3) is 0.632. The second-order valence-corrected chi connectivity index (χ2v) is 7.43. The van der Waals surface area contributed by atoms with Gasteiger partial charge in [0.1, 0.15) is 0 Å². The number of hydrogen-bond acceptors (Lipinski definition) is 4. The maximum atomic E-state index is 12.6. The van der Waals surface area contributed by atoms with Gasteiger partial charge in [0.15, 0.2) is 0 Å². The minimum Gasteiger partial charge on any atom is -0.395 e. The minimum absolute atomic E-state index is 0.0715. The molecule has 0 aromatic heterocycles. The van der Waals surface area contributed by atoms with Crippen molar-refractivity contribution in [2.24, 2.45) is 5.92 Å². The van der Waals surface area contributed by atoms with Crippen LogP contribution in [0.5, 0.6) is 0 Å². The standard InChI is InChI=1S/C19H31N3O2/c1-14(2)10-22(18(24)12-21(3)4)11-16-19(17(13-23)20-16)15-8-6-5-7-9-15/h5-9,14,16-17,19-20,23H,10-13H2,1-4H3/t16-,17-,19-/m0/s1. The van der Waals surface area contributed by atoms with Crippen LogP contribution in [0.15, 0.2) is 30.3 Å². The second-order valence-electron chi connectivity index (χ2n) is 7.43. The van der Waals surface area contributed by atoms with Gasteiger partial charge in [-0.15, -0.1) is 0 Å². The molecule has 5 heteroatoms. The molecule has 2 rings (SSSR count). The van der Waals surface area contributed by atoms with Crippen molar-refractivity contribution < 1.29 is 9.90 Å². The molecule has 0 aliphatic carbocycles. The first-order valence-electron chi connectivity index (χ1n) is 8.76. The molecule has 1 aromatic rings. The third kappa shape index (κ3) is 4.79. The predicted molar refractivity (Wildman–Crippen MR) is 97.0 cm³/mol. The summed E-state index contributed by atoms with van der Waals surface area (Å²) in [5, 5.41) is 13.0. The molecule has 1 aliphatic rings. The van der Waals surface area contributed by atoms with Crippen LogP contribution in [0.2, 0.25) is 0 Å². The summed E-state index contributed by atoms with van der Waals surface area (Å²) in [6.45, 7) is 6.26. The Morgan fingerprint density at radius 3 is 2.42 bits per heavy atom. The van der Waals surface area contributed by atoms with E-state index >= 15 is 0 Å². The van der Waals surface area contributed by atoms with Crippen molar-refractivity contribution in [2.75, 3.05) is 40.3 Å². The maximum Gasteiger partial charge on any atom is 0.236 e. The average Bonchev–Trinajstić information content (AvgIpc) is 2.49. The average molecular weight is 333 g/mol. The fourth-order valence-corrected chi connectivity index (χ4v) is 3.44. The minimum atomic E-state index is 0.0715. The van der Waals surface area contributed by atoms with Crippen LogP contribution in [0.4, 0.5) is 0 Å². The van der Waals surface area contributed by atoms with E-state index in [0.29, 0.717) is 19.0 Å². The van der Waals surface area contributed by atoms with Gasteiger partial charge >= 0.3 is 0 Å². The highest BCUT2D eigenvalue weighted by Gasteiger charge is 2.42. The predicted octanol–water partition coefficient (Wildman–Crippen LogP) is 1.15. The molecule has 24 heavy (non-hydrogen) atoms. The van der Waals surface area contributed by atoms with Gasteiger partial charge in [0.2, 0.25) is 5.91 Å².